The summed E-state index contributed by atoms with van der Waals surface area (Å²) in [6.07, 6.45) is 12.4. The minimum Gasteiger partial charge on any atom is -0.343 e. The summed E-state index contributed by atoms with van der Waals surface area (Å²) in [5.74, 6) is 0.191. The Hall–Kier alpha value is -2.69. The molecule has 26 heavy (non-hydrogen) atoms. The van der Waals surface area contributed by atoms with E-state index in [1.807, 2.05) is 6.20 Å². The Morgan fingerprint density at radius 1 is 1.35 bits per heavy atom. The first-order chi connectivity index (χ1) is 12.6. The Balaban J connectivity index is 1.58. The lowest BCUT2D eigenvalue weighted by Gasteiger charge is -2.29. The first-order valence-corrected chi connectivity index (χ1v) is 9.25. The molecule has 0 bridgehead atoms. The van der Waals surface area contributed by atoms with Crippen LogP contribution in [0.2, 0.25) is 0 Å². The van der Waals surface area contributed by atoms with Crippen molar-refractivity contribution in [3.63, 3.8) is 0 Å². The molecule has 0 aliphatic heterocycles. The second-order valence-corrected chi connectivity index (χ2v) is 7.48. The lowest BCUT2D eigenvalue weighted by atomic mass is 9.82. The summed E-state index contributed by atoms with van der Waals surface area (Å²) in [5, 5.41) is 25.1. The summed E-state index contributed by atoms with van der Waals surface area (Å²) in [6.45, 7) is 0. The third kappa shape index (κ3) is 3.09. The van der Waals surface area contributed by atoms with Crippen LogP contribution in [0, 0.1) is 17.2 Å². The Labute approximate surface area is 152 Å². The summed E-state index contributed by atoms with van der Waals surface area (Å²) >= 11 is 0. The summed E-state index contributed by atoms with van der Waals surface area (Å²) < 4.78 is 3.29. The van der Waals surface area contributed by atoms with Gasteiger partial charge >= 0.3 is 0 Å². The van der Waals surface area contributed by atoms with E-state index in [-0.39, 0.29) is 11.9 Å². The van der Waals surface area contributed by atoms with Crippen molar-refractivity contribution in [1.29, 1.82) is 5.26 Å². The zero-order valence-corrected chi connectivity index (χ0v) is 14.9. The smallest absolute Gasteiger partial charge is 0.255 e. The van der Waals surface area contributed by atoms with Crippen molar-refractivity contribution in [1.82, 2.24) is 30.1 Å². The van der Waals surface area contributed by atoms with Crippen molar-refractivity contribution in [2.75, 3.05) is 0 Å². The number of rotatable bonds is 5. The number of aromatic nitrogens is 5. The number of carbonyl (C=O) groups excluding carboxylic acids is 1. The molecule has 2 aromatic heterocycles. The zero-order chi connectivity index (χ0) is 18.1. The average molecular weight is 353 g/mol. The topological polar surface area (TPSA) is 101 Å². The average Bonchev–Trinajstić information content (AvgIpc) is 3.09. The molecule has 0 unspecified atom stereocenters. The summed E-state index contributed by atoms with van der Waals surface area (Å²) in [7, 11) is 1.79. The number of nitrogens with zero attached hydrogens (tertiary/aromatic N) is 6. The molecule has 1 N–H and O–H groups in total. The molecule has 0 spiro atoms. The minimum absolute atomic E-state index is 0.148. The molecule has 136 valence electrons. The normalized spacial score (nSPS) is 20.3. The largest absolute Gasteiger partial charge is 0.343 e. The van der Waals surface area contributed by atoms with Crippen LogP contribution >= 0.6 is 0 Å². The Kier molecular flexibility index (Phi) is 4.23. The molecule has 8 nitrogen and oxygen atoms in total. The van der Waals surface area contributed by atoms with Gasteiger partial charge in [0.25, 0.3) is 5.91 Å². The molecular weight excluding hydrogens is 330 g/mol. The van der Waals surface area contributed by atoms with Gasteiger partial charge in [0.2, 0.25) is 0 Å². The second-order valence-electron chi connectivity index (χ2n) is 7.48. The molecule has 8 heteroatoms. The van der Waals surface area contributed by atoms with Crippen molar-refractivity contribution in [3.05, 3.63) is 29.8 Å². The van der Waals surface area contributed by atoms with E-state index in [2.05, 4.69) is 26.8 Å². The molecule has 0 aromatic carbocycles. The van der Waals surface area contributed by atoms with Crippen LogP contribution in [0.5, 0.6) is 0 Å². The molecule has 1 atom stereocenters. The van der Waals surface area contributed by atoms with E-state index < -0.39 is 5.54 Å². The van der Waals surface area contributed by atoms with Crippen LogP contribution in [0.4, 0.5) is 0 Å². The predicted octanol–water partition coefficient (Wildman–Crippen LogP) is 2.08. The highest BCUT2D eigenvalue weighted by Crippen LogP contribution is 2.42. The molecule has 1 amide bonds. The van der Waals surface area contributed by atoms with Gasteiger partial charge in [-0.2, -0.15) is 10.4 Å². The van der Waals surface area contributed by atoms with Crippen LogP contribution in [0.15, 0.2) is 18.6 Å². The van der Waals surface area contributed by atoms with E-state index in [1.54, 1.807) is 28.8 Å². The maximum absolute atomic E-state index is 12.7. The number of amides is 1. The van der Waals surface area contributed by atoms with Gasteiger partial charge in [0.05, 0.1) is 30.1 Å². The van der Waals surface area contributed by atoms with Crippen LogP contribution in [0.3, 0.4) is 0 Å². The number of nitriles is 1. The summed E-state index contributed by atoms with van der Waals surface area (Å²) in [5.41, 5.74) is 0.752. The highest BCUT2D eigenvalue weighted by Gasteiger charge is 2.47. The van der Waals surface area contributed by atoms with E-state index >= 15 is 0 Å². The van der Waals surface area contributed by atoms with Gasteiger partial charge in [0.1, 0.15) is 5.69 Å². The van der Waals surface area contributed by atoms with Crippen LogP contribution < -0.4 is 5.32 Å². The molecule has 4 rings (SSSR count). The third-order valence-corrected chi connectivity index (χ3v) is 5.57. The van der Waals surface area contributed by atoms with Crippen LogP contribution in [0.1, 0.15) is 67.0 Å². The Morgan fingerprint density at radius 2 is 2.12 bits per heavy atom. The maximum atomic E-state index is 12.7. The van der Waals surface area contributed by atoms with Gasteiger partial charge in [0, 0.05) is 13.2 Å². The standard InChI is InChI=1S/C18H23N7O/c1-24-10-14(9-20-24)17(26)21-16(13-5-3-2-4-6-13)15-11-25(23-22-15)18(12-19)7-8-18/h9-11,13,16H,2-8H2,1H3,(H,21,26)/t16-/m0/s1. The Morgan fingerprint density at radius 3 is 2.73 bits per heavy atom. The fraction of sp³-hybridized carbons (Fsp3) is 0.611. The van der Waals surface area contributed by atoms with Gasteiger partial charge in [-0.1, -0.05) is 24.5 Å². The number of aryl methyl sites for hydroxylation is 1. The monoisotopic (exact) mass is 353 g/mol. The van der Waals surface area contributed by atoms with Crippen molar-refractivity contribution in [3.8, 4) is 6.07 Å². The van der Waals surface area contributed by atoms with Crippen LogP contribution in [-0.2, 0) is 12.6 Å². The summed E-state index contributed by atoms with van der Waals surface area (Å²) in [4.78, 5) is 12.7. The van der Waals surface area contributed by atoms with Crippen molar-refractivity contribution in [2.45, 2.75) is 56.5 Å². The second kappa shape index (κ2) is 6.56. The van der Waals surface area contributed by atoms with E-state index in [4.69, 9.17) is 0 Å². The maximum Gasteiger partial charge on any atom is 0.255 e. The lowest BCUT2D eigenvalue weighted by Crippen LogP contribution is -2.34. The molecule has 0 radical (unpaired) electrons. The van der Waals surface area contributed by atoms with Gasteiger partial charge in [0.15, 0.2) is 5.54 Å². The quantitative estimate of drug-likeness (QED) is 0.887. The van der Waals surface area contributed by atoms with Crippen molar-refractivity contribution in [2.24, 2.45) is 13.0 Å². The fourth-order valence-corrected chi connectivity index (χ4v) is 3.80. The molecule has 2 saturated carbocycles. The van der Waals surface area contributed by atoms with Gasteiger partial charge in [-0.25, -0.2) is 4.68 Å². The number of hydrogen-bond donors (Lipinski definition) is 1. The molecule has 0 saturated heterocycles. The molecule has 2 aliphatic rings. The van der Waals surface area contributed by atoms with E-state index in [1.165, 1.54) is 19.3 Å². The van der Waals surface area contributed by atoms with Crippen molar-refractivity contribution >= 4 is 5.91 Å². The molecule has 2 aliphatic carbocycles. The molecular formula is C18H23N7O. The van der Waals surface area contributed by atoms with Crippen LogP contribution in [0.25, 0.3) is 0 Å². The van der Waals surface area contributed by atoms with Gasteiger partial charge in [-0.3, -0.25) is 9.48 Å². The van der Waals surface area contributed by atoms with Gasteiger partial charge in [-0.15, -0.1) is 5.10 Å². The zero-order valence-electron chi connectivity index (χ0n) is 14.9. The Bertz CT molecular complexity index is 836. The number of carbonyl (C=O) groups is 1. The predicted molar refractivity (Wildman–Crippen MR) is 92.8 cm³/mol. The third-order valence-electron chi connectivity index (χ3n) is 5.57. The van der Waals surface area contributed by atoms with E-state index in [9.17, 15) is 10.1 Å². The number of hydrogen-bond acceptors (Lipinski definition) is 5. The SMILES string of the molecule is Cn1cc(C(=O)N[C@H](c2cn(C3(C#N)CC3)nn2)C2CCCCC2)cn1. The van der Waals surface area contributed by atoms with Gasteiger partial charge < -0.3 is 5.32 Å². The highest BCUT2D eigenvalue weighted by atomic mass is 16.1. The number of nitrogens with one attached hydrogen (secondary N) is 1. The molecule has 2 aromatic rings. The van der Waals surface area contributed by atoms with Gasteiger partial charge in [-0.05, 0) is 31.6 Å². The first-order valence-electron chi connectivity index (χ1n) is 9.25. The lowest BCUT2D eigenvalue weighted by molar-refractivity contribution is 0.0911. The van der Waals surface area contributed by atoms with Crippen LogP contribution in [-0.4, -0.2) is 30.7 Å². The van der Waals surface area contributed by atoms with E-state index in [0.717, 1.165) is 31.4 Å². The minimum atomic E-state index is -0.532. The first kappa shape index (κ1) is 16.8. The van der Waals surface area contributed by atoms with Crippen molar-refractivity contribution < 1.29 is 4.79 Å². The highest BCUT2D eigenvalue weighted by molar-refractivity contribution is 5.93. The van der Waals surface area contributed by atoms with E-state index in [0.29, 0.717) is 11.5 Å². The fourth-order valence-electron chi connectivity index (χ4n) is 3.80. The molecule has 2 heterocycles. The molecule has 2 fully saturated rings. The summed E-state index contributed by atoms with van der Waals surface area (Å²) in [6, 6.07) is 2.14.